The van der Waals surface area contributed by atoms with Crippen LogP contribution in [0.2, 0.25) is 0 Å². The molecule has 108 valence electrons. The summed E-state index contributed by atoms with van der Waals surface area (Å²) in [4.78, 5) is 3.98. The topological polar surface area (TPSA) is 39.1 Å². The molecular weight excluding hydrogens is 271 g/mol. The van der Waals surface area contributed by atoms with E-state index in [4.69, 9.17) is 0 Å². The molecule has 0 radical (unpaired) electrons. The van der Waals surface area contributed by atoms with Crippen LogP contribution in [-0.4, -0.2) is 23.0 Å². The van der Waals surface area contributed by atoms with Crippen molar-refractivity contribution in [1.82, 2.24) is 14.9 Å². The molecule has 0 aliphatic heterocycles. The monoisotopic (exact) mass is 285 g/mol. The molecule has 1 N–H and O–H groups in total. The quantitative estimate of drug-likeness (QED) is 0.938. The van der Waals surface area contributed by atoms with Crippen LogP contribution in [-0.2, 0) is 7.05 Å². The molecular formula is C13H14F3N3O. The van der Waals surface area contributed by atoms with E-state index in [0.717, 1.165) is 5.69 Å². The van der Waals surface area contributed by atoms with Crippen LogP contribution in [0, 0.1) is 0 Å². The lowest BCUT2D eigenvalue weighted by Crippen LogP contribution is -2.23. The van der Waals surface area contributed by atoms with Crippen molar-refractivity contribution in [2.75, 3.05) is 7.05 Å². The molecule has 0 aliphatic rings. The second-order valence-electron chi connectivity index (χ2n) is 4.24. The fraction of sp³-hybridized carbons (Fsp3) is 0.308. The lowest BCUT2D eigenvalue weighted by Gasteiger charge is -2.21. The Labute approximate surface area is 114 Å². The predicted molar refractivity (Wildman–Crippen MR) is 67.2 cm³/mol. The summed E-state index contributed by atoms with van der Waals surface area (Å²) in [6.45, 7) is 0. The number of hydrogen-bond acceptors (Lipinski definition) is 3. The summed E-state index contributed by atoms with van der Waals surface area (Å²) in [7, 11) is 3.45. The zero-order chi connectivity index (χ0) is 14.8. The normalized spacial score (nSPS) is 13.2. The zero-order valence-corrected chi connectivity index (χ0v) is 11.0. The second kappa shape index (κ2) is 5.54. The molecule has 20 heavy (non-hydrogen) atoms. The summed E-state index contributed by atoms with van der Waals surface area (Å²) in [5, 5.41) is 2.98. The van der Waals surface area contributed by atoms with Gasteiger partial charge in [0.05, 0.1) is 24.3 Å². The van der Waals surface area contributed by atoms with Gasteiger partial charge in [-0.15, -0.1) is 13.2 Å². The molecule has 1 atom stereocenters. The standard InChI is InChI=1S/C13H14F3N3O/c1-17-12(10-7-18-8-19(10)2)9-5-3-4-6-11(9)20-13(14,15)16/h3-8,12,17H,1-2H3. The smallest absolute Gasteiger partial charge is 0.405 e. The Kier molecular flexibility index (Phi) is 3.99. The van der Waals surface area contributed by atoms with E-state index in [9.17, 15) is 13.2 Å². The molecule has 1 aromatic carbocycles. The van der Waals surface area contributed by atoms with E-state index in [0.29, 0.717) is 5.56 Å². The van der Waals surface area contributed by atoms with Gasteiger partial charge in [0.15, 0.2) is 0 Å². The van der Waals surface area contributed by atoms with E-state index in [1.54, 1.807) is 43.3 Å². The number of rotatable bonds is 4. The number of para-hydroxylation sites is 1. The van der Waals surface area contributed by atoms with Crippen LogP contribution in [0.4, 0.5) is 13.2 Å². The third kappa shape index (κ3) is 3.11. The molecule has 2 aromatic rings. The van der Waals surface area contributed by atoms with Crippen LogP contribution in [0.5, 0.6) is 5.75 Å². The number of imidazole rings is 1. The summed E-state index contributed by atoms with van der Waals surface area (Å²) in [6, 6.07) is 5.61. The van der Waals surface area contributed by atoms with Gasteiger partial charge in [-0.05, 0) is 13.1 Å². The predicted octanol–water partition coefficient (Wildman–Crippen LogP) is 2.63. The molecule has 7 heteroatoms. The molecule has 0 aliphatic carbocycles. The third-order valence-corrected chi connectivity index (χ3v) is 2.89. The highest BCUT2D eigenvalue weighted by Crippen LogP contribution is 2.32. The third-order valence-electron chi connectivity index (χ3n) is 2.89. The number of halogens is 3. The maximum absolute atomic E-state index is 12.5. The lowest BCUT2D eigenvalue weighted by atomic mass is 10.0. The van der Waals surface area contributed by atoms with Crippen LogP contribution >= 0.6 is 0 Å². The molecule has 1 aromatic heterocycles. The van der Waals surface area contributed by atoms with Crippen molar-refractivity contribution in [3.8, 4) is 5.75 Å². The van der Waals surface area contributed by atoms with Gasteiger partial charge < -0.3 is 14.6 Å². The van der Waals surface area contributed by atoms with Crippen molar-refractivity contribution in [2.24, 2.45) is 7.05 Å². The van der Waals surface area contributed by atoms with Gasteiger partial charge in [-0.1, -0.05) is 18.2 Å². The number of aryl methyl sites for hydroxylation is 1. The summed E-state index contributed by atoms with van der Waals surface area (Å²) in [5.74, 6) is -0.222. The average molecular weight is 285 g/mol. The number of aromatic nitrogens is 2. The van der Waals surface area contributed by atoms with Gasteiger partial charge in [-0.25, -0.2) is 4.98 Å². The van der Waals surface area contributed by atoms with Crippen LogP contribution in [0.1, 0.15) is 17.3 Å². The van der Waals surface area contributed by atoms with Gasteiger partial charge in [0.2, 0.25) is 0 Å². The number of benzene rings is 1. The van der Waals surface area contributed by atoms with Crippen LogP contribution in [0.15, 0.2) is 36.8 Å². The van der Waals surface area contributed by atoms with Crippen LogP contribution in [0.3, 0.4) is 0 Å². The maximum atomic E-state index is 12.5. The van der Waals surface area contributed by atoms with E-state index >= 15 is 0 Å². The molecule has 0 fully saturated rings. The van der Waals surface area contributed by atoms with Crippen molar-refractivity contribution < 1.29 is 17.9 Å². The Hall–Kier alpha value is -2.02. The number of ether oxygens (including phenoxy) is 1. The molecule has 2 rings (SSSR count). The summed E-state index contributed by atoms with van der Waals surface area (Å²) in [5.41, 5.74) is 1.14. The first-order valence-corrected chi connectivity index (χ1v) is 5.90. The second-order valence-corrected chi connectivity index (χ2v) is 4.24. The van der Waals surface area contributed by atoms with Crippen molar-refractivity contribution in [2.45, 2.75) is 12.4 Å². The number of nitrogens with one attached hydrogen (secondary N) is 1. The molecule has 0 saturated carbocycles. The van der Waals surface area contributed by atoms with Gasteiger partial charge in [0, 0.05) is 12.6 Å². The van der Waals surface area contributed by atoms with E-state index in [1.165, 1.54) is 12.1 Å². The van der Waals surface area contributed by atoms with Gasteiger partial charge in [0.1, 0.15) is 5.75 Å². The van der Waals surface area contributed by atoms with Gasteiger partial charge in [-0.2, -0.15) is 0 Å². The summed E-state index contributed by atoms with van der Waals surface area (Å²) in [6.07, 6.45) is -1.53. The van der Waals surface area contributed by atoms with Crippen molar-refractivity contribution in [1.29, 1.82) is 0 Å². The van der Waals surface area contributed by atoms with Crippen LogP contribution in [0.25, 0.3) is 0 Å². The Bertz CT molecular complexity index is 580. The van der Waals surface area contributed by atoms with Crippen molar-refractivity contribution in [3.05, 3.63) is 48.0 Å². The Morgan fingerprint density at radius 1 is 1.30 bits per heavy atom. The molecule has 0 spiro atoms. The fourth-order valence-electron chi connectivity index (χ4n) is 2.04. The molecule has 4 nitrogen and oxygen atoms in total. The molecule has 0 saturated heterocycles. The highest BCUT2D eigenvalue weighted by Gasteiger charge is 2.33. The minimum atomic E-state index is -4.72. The highest BCUT2D eigenvalue weighted by atomic mass is 19.4. The first-order valence-electron chi connectivity index (χ1n) is 5.90. The van der Waals surface area contributed by atoms with Crippen molar-refractivity contribution in [3.63, 3.8) is 0 Å². The van der Waals surface area contributed by atoms with Crippen LogP contribution < -0.4 is 10.1 Å². The minimum Gasteiger partial charge on any atom is -0.405 e. The van der Waals surface area contributed by atoms with E-state index in [1.807, 2.05) is 0 Å². The van der Waals surface area contributed by atoms with E-state index in [2.05, 4.69) is 15.0 Å². The Morgan fingerprint density at radius 3 is 2.55 bits per heavy atom. The van der Waals surface area contributed by atoms with Gasteiger partial charge >= 0.3 is 6.36 Å². The first-order chi connectivity index (χ1) is 9.42. The lowest BCUT2D eigenvalue weighted by molar-refractivity contribution is -0.275. The van der Waals surface area contributed by atoms with Crippen molar-refractivity contribution >= 4 is 0 Å². The minimum absolute atomic E-state index is 0.222. The maximum Gasteiger partial charge on any atom is 0.573 e. The van der Waals surface area contributed by atoms with Gasteiger partial charge in [-0.3, -0.25) is 0 Å². The summed E-state index contributed by atoms with van der Waals surface area (Å²) >= 11 is 0. The number of hydrogen-bond donors (Lipinski definition) is 1. The largest absolute Gasteiger partial charge is 0.573 e. The zero-order valence-electron chi connectivity index (χ0n) is 11.0. The average Bonchev–Trinajstić information content (AvgIpc) is 2.77. The fourth-order valence-corrected chi connectivity index (χ4v) is 2.04. The summed E-state index contributed by atoms with van der Waals surface area (Å²) < 4.78 is 43.2. The molecule has 1 unspecified atom stereocenters. The molecule has 1 heterocycles. The Balaban J connectivity index is 2.43. The molecule has 0 bridgehead atoms. The van der Waals surface area contributed by atoms with E-state index < -0.39 is 12.4 Å². The SMILES string of the molecule is CNC(c1ccccc1OC(F)(F)F)c1cncn1C. The molecule has 0 amide bonds. The Morgan fingerprint density at radius 2 is 2.00 bits per heavy atom. The highest BCUT2D eigenvalue weighted by molar-refractivity contribution is 5.40. The van der Waals surface area contributed by atoms with Gasteiger partial charge in [0.25, 0.3) is 0 Å². The van der Waals surface area contributed by atoms with E-state index in [-0.39, 0.29) is 5.75 Å². The number of nitrogens with zero attached hydrogens (tertiary/aromatic N) is 2. The number of alkyl halides is 3. The first kappa shape index (κ1) is 14.4.